The van der Waals surface area contributed by atoms with Gasteiger partial charge in [-0.3, -0.25) is 4.79 Å². The van der Waals surface area contributed by atoms with Crippen LogP contribution in [-0.4, -0.2) is 12.5 Å². The lowest BCUT2D eigenvalue weighted by molar-refractivity contribution is -0.122. The van der Waals surface area contributed by atoms with Gasteiger partial charge in [-0.05, 0) is 66.1 Å². The summed E-state index contributed by atoms with van der Waals surface area (Å²) in [5.74, 6) is 0.378. The van der Waals surface area contributed by atoms with Gasteiger partial charge in [0, 0.05) is 9.49 Å². The summed E-state index contributed by atoms with van der Waals surface area (Å²) in [6.07, 6.45) is 4.26. The minimum Gasteiger partial charge on any atom is -0.330 e. The van der Waals surface area contributed by atoms with Gasteiger partial charge in [-0.25, -0.2) is 0 Å². The van der Waals surface area contributed by atoms with Crippen LogP contribution in [0.5, 0.6) is 0 Å². The number of hydrogen-bond donors (Lipinski definition) is 2. The maximum Gasteiger partial charge on any atom is 0.227 e. The lowest BCUT2D eigenvalue weighted by atomic mass is 9.78. The molecule has 5 heteroatoms. The molecule has 2 unspecified atom stereocenters. The number of rotatable bonds is 3. The Bertz CT molecular complexity index is 467. The molecular formula is C14H18ClIN2O. The van der Waals surface area contributed by atoms with E-state index < -0.39 is 0 Å². The second-order valence-corrected chi connectivity index (χ2v) is 6.65. The van der Waals surface area contributed by atoms with E-state index in [-0.39, 0.29) is 11.8 Å². The maximum absolute atomic E-state index is 12.3. The molecule has 3 nitrogen and oxygen atoms in total. The number of nitrogens with two attached hydrogens (primary N) is 1. The summed E-state index contributed by atoms with van der Waals surface area (Å²) in [6, 6.07) is 5.63. The summed E-state index contributed by atoms with van der Waals surface area (Å²) in [5, 5.41) is 3.53. The SMILES string of the molecule is NCC1CCCCC1C(=O)Nc1ccc(I)cc1Cl. The van der Waals surface area contributed by atoms with Crippen LogP contribution in [0.2, 0.25) is 5.02 Å². The largest absolute Gasteiger partial charge is 0.330 e. The summed E-state index contributed by atoms with van der Waals surface area (Å²) in [5.41, 5.74) is 6.46. The van der Waals surface area contributed by atoms with E-state index in [1.807, 2.05) is 18.2 Å². The highest BCUT2D eigenvalue weighted by Gasteiger charge is 2.30. The third-order valence-corrected chi connectivity index (χ3v) is 4.72. The Hall–Kier alpha value is -0.330. The molecule has 1 aliphatic carbocycles. The molecule has 2 atom stereocenters. The van der Waals surface area contributed by atoms with Crippen LogP contribution in [0, 0.1) is 15.4 Å². The first-order valence-electron chi connectivity index (χ1n) is 6.58. The van der Waals surface area contributed by atoms with Crippen LogP contribution in [0.25, 0.3) is 0 Å². The Morgan fingerprint density at radius 1 is 1.42 bits per heavy atom. The summed E-state index contributed by atoms with van der Waals surface area (Å²) < 4.78 is 1.05. The summed E-state index contributed by atoms with van der Waals surface area (Å²) in [4.78, 5) is 12.3. The molecule has 104 valence electrons. The van der Waals surface area contributed by atoms with Crippen molar-refractivity contribution in [2.24, 2.45) is 17.6 Å². The fourth-order valence-electron chi connectivity index (χ4n) is 2.65. The Kier molecular flexibility index (Phi) is 5.47. The van der Waals surface area contributed by atoms with E-state index in [1.54, 1.807) is 0 Å². The minimum atomic E-state index is 0.0223. The zero-order valence-corrected chi connectivity index (χ0v) is 13.6. The number of amides is 1. The number of hydrogen-bond acceptors (Lipinski definition) is 2. The van der Waals surface area contributed by atoms with Crippen molar-refractivity contribution in [3.05, 3.63) is 26.8 Å². The van der Waals surface area contributed by atoms with Crippen molar-refractivity contribution in [2.75, 3.05) is 11.9 Å². The van der Waals surface area contributed by atoms with Crippen molar-refractivity contribution in [3.63, 3.8) is 0 Å². The summed E-state index contributed by atoms with van der Waals surface area (Å²) in [7, 11) is 0. The Balaban J connectivity index is 2.07. The van der Waals surface area contributed by atoms with Gasteiger partial charge < -0.3 is 11.1 Å². The van der Waals surface area contributed by atoms with Gasteiger partial charge in [-0.15, -0.1) is 0 Å². The standard InChI is InChI=1S/C14H18ClIN2O/c15-12-7-10(16)5-6-13(12)18-14(19)11-4-2-1-3-9(11)8-17/h5-7,9,11H,1-4,8,17H2,(H,18,19). The van der Waals surface area contributed by atoms with Crippen LogP contribution in [0.1, 0.15) is 25.7 Å². The molecule has 19 heavy (non-hydrogen) atoms. The Morgan fingerprint density at radius 2 is 2.16 bits per heavy atom. The van der Waals surface area contributed by atoms with Crippen LogP contribution in [0.4, 0.5) is 5.69 Å². The first-order chi connectivity index (χ1) is 9.11. The molecule has 0 bridgehead atoms. The number of nitrogens with one attached hydrogen (secondary N) is 1. The molecule has 0 spiro atoms. The van der Waals surface area contributed by atoms with Crippen LogP contribution in [-0.2, 0) is 4.79 Å². The van der Waals surface area contributed by atoms with Gasteiger partial charge in [0.05, 0.1) is 10.7 Å². The first kappa shape index (κ1) is 15.1. The highest BCUT2D eigenvalue weighted by Crippen LogP contribution is 2.31. The van der Waals surface area contributed by atoms with Crippen molar-refractivity contribution in [2.45, 2.75) is 25.7 Å². The van der Waals surface area contributed by atoms with E-state index in [0.29, 0.717) is 23.2 Å². The zero-order chi connectivity index (χ0) is 13.8. The minimum absolute atomic E-state index is 0.0223. The van der Waals surface area contributed by atoms with E-state index >= 15 is 0 Å². The normalized spacial score (nSPS) is 23.1. The van der Waals surface area contributed by atoms with Crippen molar-refractivity contribution < 1.29 is 4.79 Å². The molecule has 1 aliphatic rings. The molecule has 0 radical (unpaired) electrons. The highest BCUT2D eigenvalue weighted by atomic mass is 127. The number of carbonyl (C=O) groups excluding carboxylic acids is 1. The van der Waals surface area contributed by atoms with Gasteiger partial charge in [0.15, 0.2) is 0 Å². The van der Waals surface area contributed by atoms with Crippen LogP contribution >= 0.6 is 34.2 Å². The molecule has 3 N–H and O–H groups in total. The molecule has 0 heterocycles. The number of benzene rings is 1. The molecule has 1 saturated carbocycles. The molecule has 1 amide bonds. The van der Waals surface area contributed by atoms with E-state index in [4.69, 9.17) is 17.3 Å². The first-order valence-corrected chi connectivity index (χ1v) is 8.03. The van der Waals surface area contributed by atoms with Gasteiger partial charge in [-0.1, -0.05) is 24.4 Å². The van der Waals surface area contributed by atoms with E-state index in [2.05, 4.69) is 27.9 Å². The average Bonchev–Trinajstić information content (AvgIpc) is 2.41. The van der Waals surface area contributed by atoms with Gasteiger partial charge in [0.1, 0.15) is 0 Å². The topological polar surface area (TPSA) is 55.1 Å². The smallest absolute Gasteiger partial charge is 0.227 e. The number of carbonyl (C=O) groups is 1. The van der Waals surface area contributed by atoms with Gasteiger partial charge in [0.25, 0.3) is 0 Å². The predicted octanol–water partition coefficient (Wildman–Crippen LogP) is 3.65. The second-order valence-electron chi connectivity index (χ2n) is 5.00. The van der Waals surface area contributed by atoms with E-state index in [0.717, 1.165) is 22.8 Å². The van der Waals surface area contributed by atoms with Crippen LogP contribution in [0.15, 0.2) is 18.2 Å². The molecule has 0 aromatic heterocycles. The Morgan fingerprint density at radius 3 is 2.84 bits per heavy atom. The average molecular weight is 393 g/mol. The monoisotopic (exact) mass is 392 g/mol. The molecule has 0 aliphatic heterocycles. The second kappa shape index (κ2) is 6.90. The van der Waals surface area contributed by atoms with Crippen molar-refractivity contribution in [1.29, 1.82) is 0 Å². The number of halogens is 2. The van der Waals surface area contributed by atoms with Gasteiger partial charge in [0.2, 0.25) is 5.91 Å². The molecule has 1 fully saturated rings. The van der Waals surface area contributed by atoms with E-state index in [9.17, 15) is 4.79 Å². The van der Waals surface area contributed by atoms with Crippen molar-refractivity contribution in [1.82, 2.24) is 0 Å². The van der Waals surface area contributed by atoms with Crippen LogP contribution < -0.4 is 11.1 Å². The van der Waals surface area contributed by atoms with Crippen molar-refractivity contribution in [3.8, 4) is 0 Å². The van der Waals surface area contributed by atoms with Crippen LogP contribution in [0.3, 0.4) is 0 Å². The highest BCUT2D eigenvalue weighted by molar-refractivity contribution is 14.1. The molecule has 1 aromatic rings. The lowest BCUT2D eigenvalue weighted by Crippen LogP contribution is -2.35. The third kappa shape index (κ3) is 3.83. The van der Waals surface area contributed by atoms with Gasteiger partial charge in [-0.2, -0.15) is 0 Å². The quantitative estimate of drug-likeness (QED) is 0.772. The van der Waals surface area contributed by atoms with Crippen molar-refractivity contribution >= 4 is 45.8 Å². The summed E-state index contributed by atoms with van der Waals surface area (Å²) in [6.45, 7) is 0.582. The maximum atomic E-state index is 12.3. The zero-order valence-electron chi connectivity index (χ0n) is 10.7. The molecule has 0 saturated heterocycles. The Labute approximate surface area is 132 Å². The molecule has 1 aromatic carbocycles. The van der Waals surface area contributed by atoms with E-state index in [1.165, 1.54) is 6.42 Å². The fourth-order valence-corrected chi connectivity index (χ4v) is 3.55. The predicted molar refractivity (Wildman–Crippen MR) is 87.3 cm³/mol. The van der Waals surface area contributed by atoms with Gasteiger partial charge >= 0.3 is 0 Å². The fraction of sp³-hybridized carbons (Fsp3) is 0.500. The molecule has 2 rings (SSSR count). The third-order valence-electron chi connectivity index (χ3n) is 3.74. The summed E-state index contributed by atoms with van der Waals surface area (Å²) >= 11 is 8.33. The number of anilines is 1. The molecular weight excluding hydrogens is 375 g/mol. The lowest BCUT2D eigenvalue weighted by Gasteiger charge is -2.29.